The third-order valence-electron chi connectivity index (χ3n) is 4.77. The van der Waals surface area contributed by atoms with Crippen molar-refractivity contribution in [3.63, 3.8) is 0 Å². The van der Waals surface area contributed by atoms with E-state index in [1.54, 1.807) is 32.0 Å². The minimum absolute atomic E-state index is 0.127. The van der Waals surface area contributed by atoms with Crippen LogP contribution < -0.4 is 5.32 Å². The number of esters is 2. The Morgan fingerprint density at radius 1 is 1.16 bits per heavy atom. The molecule has 0 radical (unpaired) electrons. The molecule has 0 saturated carbocycles. The van der Waals surface area contributed by atoms with Gasteiger partial charge in [0.15, 0.2) is 0 Å². The van der Waals surface area contributed by atoms with Crippen LogP contribution in [-0.4, -0.2) is 64.4 Å². The third kappa shape index (κ3) is 6.01. The van der Waals surface area contributed by atoms with Crippen molar-refractivity contribution >= 4 is 35.1 Å². The molecule has 7 nitrogen and oxygen atoms in total. The minimum Gasteiger partial charge on any atom is -0.466 e. The van der Waals surface area contributed by atoms with Crippen LogP contribution in [0.1, 0.15) is 25.3 Å². The molecule has 0 spiro atoms. The van der Waals surface area contributed by atoms with E-state index in [0.29, 0.717) is 35.1 Å². The van der Waals surface area contributed by atoms with Gasteiger partial charge in [0.05, 0.1) is 59.7 Å². The lowest BCUT2D eigenvalue weighted by molar-refractivity contribution is -0.139. The molecule has 1 aromatic rings. The van der Waals surface area contributed by atoms with Crippen LogP contribution in [0.5, 0.6) is 0 Å². The summed E-state index contributed by atoms with van der Waals surface area (Å²) in [6.07, 6.45) is 0. The first-order valence-corrected chi connectivity index (χ1v) is 10.6. The molecule has 1 heterocycles. The Morgan fingerprint density at radius 2 is 1.87 bits per heavy atom. The standard InChI is InChI=1S/C22H28Cl2N2O5/c1-6-31-22(28)19-16(12-30-11-10-26(3)4)25-13(2)17(21(27)29-5)18(19)14-8-7-9-15(23)20(14)24/h7-9,18,25H,6,10-12H2,1-5H3. The number of likely N-dealkylation sites (N-methyl/N-ethyl adjacent to an activating group) is 1. The Morgan fingerprint density at radius 3 is 2.48 bits per heavy atom. The second kappa shape index (κ2) is 11.5. The summed E-state index contributed by atoms with van der Waals surface area (Å²) in [5.41, 5.74) is 2.04. The molecule has 1 aliphatic heterocycles. The molecular formula is C22H28Cl2N2O5. The zero-order valence-electron chi connectivity index (χ0n) is 18.4. The highest BCUT2D eigenvalue weighted by Crippen LogP contribution is 2.43. The molecule has 9 heteroatoms. The summed E-state index contributed by atoms with van der Waals surface area (Å²) >= 11 is 12.8. The van der Waals surface area contributed by atoms with Crippen LogP contribution in [0.4, 0.5) is 0 Å². The van der Waals surface area contributed by atoms with Crippen LogP contribution in [0.3, 0.4) is 0 Å². The van der Waals surface area contributed by atoms with Crippen LogP contribution in [0.2, 0.25) is 10.0 Å². The van der Waals surface area contributed by atoms with E-state index < -0.39 is 17.9 Å². The molecule has 0 aliphatic carbocycles. The average Bonchev–Trinajstić information content (AvgIpc) is 2.72. The second-order valence-corrected chi connectivity index (χ2v) is 7.99. The van der Waals surface area contributed by atoms with Gasteiger partial charge in [-0.1, -0.05) is 35.3 Å². The summed E-state index contributed by atoms with van der Waals surface area (Å²) in [6.45, 7) is 4.92. The number of methoxy groups -OCH3 is 1. The number of allylic oxidation sites excluding steroid dienone is 1. The molecule has 31 heavy (non-hydrogen) atoms. The van der Waals surface area contributed by atoms with Crippen molar-refractivity contribution < 1.29 is 23.8 Å². The third-order valence-corrected chi connectivity index (χ3v) is 5.60. The minimum atomic E-state index is -0.827. The first-order chi connectivity index (χ1) is 14.7. The Hall–Kier alpha value is -2.06. The number of nitrogens with zero attached hydrogens (tertiary/aromatic N) is 1. The number of rotatable bonds is 9. The molecule has 1 unspecified atom stereocenters. The van der Waals surface area contributed by atoms with E-state index in [-0.39, 0.29) is 29.4 Å². The van der Waals surface area contributed by atoms with Gasteiger partial charge in [-0.2, -0.15) is 0 Å². The normalized spacial score (nSPS) is 16.5. The lowest BCUT2D eigenvalue weighted by Crippen LogP contribution is -2.35. The number of benzene rings is 1. The molecule has 0 amide bonds. The topological polar surface area (TPSA) is 77.1 Å². The number of hydrogen-bond acceptors (Lipinski definition) is 7. The van der Waals surface area contributed by atoms with Crippen LogP contribution in [0.25, 0.3) is 0 Å². The number of nitrogens with one attached hydrogen (secondary N) is 1. The van der Waals surface area contributed by atoms with E-state index in [1.807, 2.05) is 19.0 Å². The van der Waals surface area contributed by atoms with Crippen LogP contribution >= 0.6 is 23.2 Å². The average molecular weight is 471 g/mol. The van der Waals surface area contributed by atoms with Gasteiger partial charge >= 0.3 is 11.9 Å². The highest BCUT2D eigenvalue weighted by molar-refractivity contribution is 6.42. The van der Waals surface area contributed by atoms with Gasteiger partial charge in [0.25, 0.3) is 0 Å². The fourth-order valence-electron chi connectivity index (χ4n) is 3.32. The molecule has 0 saturated heterocycles. The zero-order valence-corrected chi connectivity index (χ0v) is 19.9. The summed E-state index contributed by atoms with van der Waals surface area (Å²) in [4.78, 5) is 27.8. The number of halogens is 2. The number of carbonyl (C=O) groups excluding carboxylic acids is 2. The van der Waals surface area contributed by atoms with Crippen LogP contribution in [0.15, 0.2) is 40.7 Å². The van der Waals surface area contributed by atoms with Gasteiger partial charge in [-0.25, -0.2) is 9.59 Å². The highest BCUT2D eigenvalue weighted by Gasteiger charge is 2.40. The van der Waals surface area contributed by atoms with Gasteiger partial charge < -0.3 is 24.4 Å². The molecule has 0 aromatic heterocycles. The van der Waals surface area contributed by atoms with Crippen molar-refractivity contribution in [2.75, 3.05) is 47.6 Å². The highest BCUT2D eigenvalue weighted by atomic mass is 35.5. The molecule has 1 atom stereocenters. The van der Waals surface area contributed by atoms with Gasteiger partial charge in [-0.15, -0.1) is 0 Å². The van der Waals surface area contributed by atoms with E-state index in [1.165, 1.54) is 7.11 Å². The Kier molecular flexibility index (Phi) is 9.37. The first-order valence-electron chi connectivity index (χ1n) is 9.85. The molecule has 0 fully saturated rings. The van der Waals surface area contributed by atoms with Gasteiger partial charge in [0.2, 0.25) is 0 Å². The fourth-order valence-corrected chi connectivity index (χ4v) is 3.73. The van der Waals surface area contributed by atoms with E-state index >= 15 is 0 Å². The number of hydrogen-bond donors (Lipinski definition) is 1. The smallest absolute Gasteiger partial charge is 0.336 e. The first kappa shape index (κ1) is 25.2. The lowest BCUT2D eigenvalue weighted by Gasteiger charge is -2.32. The summed E-state index contributed by atoms with van der Waals surface area (Å²) < 4.78 is 16.1. The molecule has 1 aliphatic rings. The molecule has 2 rings (SSSR count). The van der Waals surface area contributed by atoms with E-state index in [4.69, 9.17) is 37.4 Å². The fraction of sp³-hybridized carbons (Fsp3) is 0.455. The lowest BCUT2D eigenvalue weighted by atomic mass is 9.80. The maximum absolute atomic E-state index is 13.1. The predicted molar refractivity (Wildman–Crippen MR) is 120 cm³/mol. The van der Waals surface area contributed by atoms with Crippen molar-refractivity contribution in [2.24, 2.45) is 0 Å². The Balaban J connectivity index is 2.63. The monoisotopic (exact) mass is 470 g/mol. The molecule has 1 aromatic carbocycles. The van der Waals surface area contributed by atoms with E-state index in [0.717, 1.165) is 0 Å². The van der Waals surface area contributed by atoms with E-state index in [9.17, 15) is 9.59 Å². The van der Waals surface area contributed by atoms with Crippen LogP contribution in [0, 0.1) is 0 Å². The van der Waals surface area contributed by atoms with E-state index in [2.05, 4.69) is 5.32 Å². The van der Waals surface area contributed by atoms with Crippen molar-refractivity contribution in [2.45, 2.75) is 19.8 Å². The Labute approximate surface area is 192 Å². The SMILES string of the molecule is CCOC(=O)C1=C(COCCN(C)C)NC(C)=C(C(=O)OC)C1c1cccc(Cl)c1Cl. The number of dihydropyridines is 1. The van der Waals surface area contributed by atoms with Gasteiger partial charge in [0.1, 0.15) is 0 Å². The van der Waals surface area contributed by atoms with Gasteiger partial charge in [0, 0.05) is 12.2 Å². The predicted octanol–water partition coefficient (Wildman–Crippen LogP) is 3.52. The molecular weight excluding hydrogens is 443 g/mol. The largest absolute Gasteiger partial charge is 0.466 e. The maximum atomic E-state index is 13.1. The maximum Gasteiger partial charge on any atom is 0.336 e. The van der Waals surface area contributed by atoms with Gasteiger partial charge in [-0.3, -0.25) is 0 Å². The zero-order chi connectivity index (χ0) is 23.1. The summed E-state index contributed by atoms with van der Waals surface area (Å²) in [7, 11) is 5.17. The number of ether oxygens (including phenoxy) is 3. The van der Waals surface area contributed by atoms with Crippen molar-refractivity contribution in [3.8, 4) is 0 Å². The molecule has 1 N–H and O–H groups in total. The summed E-state index contributed by atoms with van der Waals surface area (Å²) in [6, 6.07) is 5.08. The van der Waals surface area contributed by atoms with Crippen molar-refractivity contribution in [1.29, 1.82) is 0 Å². The van der Waals surface area contributed by atoms with Crippen molar-refractivity contribution in [3.05, 3.63) is 56.3 Å². The van der Waals surface area contributed by atoms with Crippen molar-refractivity contribution in [1.82, 2.24) is 10.2 Å². The van der Waals surface area contributed by atoms with Gasteiger partial charge in [-0.05, 0) is 39.6 Å². The summed E-state index contributed by atoms with van der Waals surface area (Å²) in [5, 5.41) is 3.70. The molecule has 170 valence electrons. The summed E-state index contributed by atoms with van der Waals surface area (Å²) in [5.74, 6) is -1.98. The second-order valence-electron chi connectivity index (χ2n) is 7.20. The number of carbonyl (C=O) groups is 2. The molecule has 0 bridgehead atoms. The Bertz CT molecular complexity index is 896. The quantitative estimate of drug-likeness (QED) is 0.436. The van der Waals surface area contributed by atoms with Crippen LogP contribution in [-0.2, 0) is 23.8 Å².